The Hall–Kier alpha value is -2.37. The van der Waals surface area contributed by atoms with Crippen molar-refractivity contribution in [3.05, 3.63) is 58.0 Å². The number of carbonyl (C=O) groups is 1. The van der Waals surface area contributed by atoms with E-state index in [1.165, 1.54) is 10.6 Å². The molecule has 0 spiro atoms. The van der Waals surface area contributed by atoms with Crippen molar-refractivity contribution in [1.29, 1.82) is 0 Å². The van der Waals surface area contributed by atoms with Gasteiger partial charge in [0.2, 0.25) is 0 Å². The Labute approximate surface area is 113 Å². The van der Waals surface area contributed by atoms with Crippen LogP contribution in [0.4, 0.5) is 4.39 Å². The number of carboxylic acid groups (broad SMARTS) is 1. The molecule has 2 aromatic rings. The predicted octanol–water partition coefficient (Wildman–Crippen LogP) is 1.87. The van der Waals surface area contributed by atoms with Crippen LogP contribution in [0, 0.1) is 5.82 Å². The molecular weight excluding hydrogens is 263 g/mol. The van der Waals surface area contributed by atoms with Crippen molar-refractivity contribution < 1.29 is 14.3 Å². The van der Waals surface area contributed by atoms with E-state index in [1.54, 1.807) is 17.0 Å². The van der Waals surface area contributed by atoms with Crippen LogP contribution in [0.3, 0.4) is 0 Å². The highest BCUT2D eigenvalue weighted by atomic mass is 19.1. The molecule has 0 atom stereocenters. The van der Waals surface area contributed by atoms with Gasteiger partial charge < -0.3 is 5.11 Å². The molecule has 1 aliphatic carbocycles. The number of aromatic carboxylic acids is 1. The second-order valence-electron chi connectivity index (χ2n) is 4.95. The molecule has 1 heterocycles. The highest BCUT2D eigenvalue weighted by Crippen LogP contribution is 2.33. The van der Waals surface area contributed by atoms with E-state index in [9.17, 15) is 14.0 Å². The summed E-state index contributed by atoms with van der Waals surface area (Å²) in [5.41, 5.74) is 0.110. The monoisotopic (exact) mass is 276 g/mol. The minimum Gasteiger partial charge on any atom is -0.478 e. The van der Waals surface area contributed by atoms with Crippen LogP contribution in [-0.2, 0) is 6.54 Å². The summed E-state index contributed by atoms with van der Waals surface area (Å²) in [6.07, 6.45) is 5.28. The molecule has 0 unspecified atom stereocenters. The number of carboxylic acids is 1. The lowest BCUT2D eigenvalue weighted by atomic mass is 10.1. The quantitative estimate of drug-likeness (QED) is 0.927. The fourth-order valence-corrected chi connectivity index (χ4v) is 2.26. The van der Waals surface area contributed by atoms with E-state index in [0.29, 0.717) is 0 Å². The smallest absolute Gasteiger partial charge is 0.336 e. The molecule has 1 saturated carbocycles. The summed E-state index contributed by atoms with van der Waals surface area (Å²) >= 11 is 0. The largest absolute Gasteiger partial charge is 0.478 e. The van der Waals surface area contributed by atoms with E-state index < -0.39 is 11.8 Å². The van der Waals surface area contributed by atoms with Gasteiger partial charge in [0.05, 0.1) is 12.1 Å². The molecule has 6 heteroatoms. The second-order valence-corrected chi connectivity index (χ2v) is 4.95. The van der Waals surface area contributed by atoms with Gasteiger partial charge in [0.15, 0.2) is 0 Å². The normalized spacial score (nSPS) is 14.4. The van der Waals surface area contributed by atoms with Crippen molar-refractivity contribution in [3.63, 3.8) is 0 Å². The van der Waals surface area contributed by atoms with Gasteiger partial charge in [0.1, 0.15) is 5.82 Å². The molecule has 1 aliphatic rings. The van der Waals surface area contributed by atoms with E-state index in [1.807, 2.05) is 0 Å². The molecule has 5 nitrogen and oxygen atoms in total. The van der Waals surface area contributed by atoms with Crippen molar-refractivity contribution in [2.45, 2.75) is 25.4 Å². The first kappa shape index (κ1) is 12.7. The van der Waals surface area contributed by atoms with Gasteiger partial charge in [-0.05, 0) is 36.6 Å². The third-order valence-corrected chi connectivity index (χ3v) is 3.45. The number of imidazole rings is 1. The van der Waals surface area contributed by atoms with E-state index in [2.05, 4.69) is 0 Å². The molecule has 0 saturated heterocycles. The highest BCUT2D eigenvalue weighted by molar-refractivity contribution is 5.89. The maximum Gasteiger partial charge on any atom is 0.336 e. The van der Waals surface area contributed by atoms with Crippen LogP contribution in [0.25, 0.3) is 0 Å². The standard InChI is InChI=1S/C14H13FN2O3/c15-10-1-4-12(13(18)19)9(7-10)8-16-5-6-17(14(16)20)11-2-3-11/h1,4-7,11H,2-3,8H2,(H,18,19). The fourth-order valence-electron chi connectivity index (χ4n) is 2.26. The van der Waals surface area contributed by atoms with Gasteiger partial charge in [0, 0.05) is 18.4 Å². The first-order valence-corrected chi connectivity index (χ1v) is 6.35. The summed E-state index contributed by atoms with van der Waals surface area (Å²) in [6, 6.07) is 3.74. The summed E-state index contributed by atoms with van der Waals surface area (Å²) in [5, 5.41) is 9.09. The van der Waals surface area contributed by atoms with Gasteiger partial charge in [-0.1, -0.05) is 0 Å². The second kappa shape index (κ2) is 4.63. The Morgan fingerprint density at radius 1 is 1.35 bits per heavy atom. The summed E-state index contributed by atoms with van der Waals surface area (Å²) in [7, 11) is 0. The van der Waals surface area contributed by atoms with Gasteiger partial charge in [-0.15, -0.1) is 0 Å². The maximum atomic E-state index is 13.3. The molecule has 0 amide bonds. The summed E-state index contributed by atoms with van der Waals surface area (Å²) < 4.78 is 16.3. The van der Waals surface area contributed by atoms with Crippen LogP contribution in [0.15, 0.2) is 35.4 Å². The third-order valence-electron chi connectivity index (χ3n) is 3.45. The Bertz CT molecular complexity index is 728. The van der Waals surface area contributed by atoms with Crippen molar-refractivity contribution in [2.24, 2.45) is 0 Å². The van der Waals surface area contributed by atoms with Crippen LogP contribution >= 0.6 is 0 Å². The average Bonchev–Trinajstić information content (AvgIpc) is 3.16. The lowest BCUT2D eigenvalue weighted by molar-refractivity contribution is 0.0695. The molecular formula is C14H13FN2O3. The number of hydrogen-bond donors (Lipinski definition) is 1. The van der Waals surface area contributed by atoms with E-state index in [-0.39, 0.29) is 29.4 Å². The van der Waals surface area contributed by atoms with Crippen molar-refractivity contribution in [2.75, 3.05) is 0 Å². The van der Waals surface area contributed by atoms with Crippen LogP contribution in [0.2, 0.25) is 0 Å². The summed E-state index contributed by atoms with van der Waals surface area (Å²) in [4.78, 5) is 23.2. The molecule has 1 fully saturated rings. The average molecular weight is 276 g/mol. The Morgan fingerprint density at radius 3 is 2.75 bits per heavy atom. The number of nitrogens with zero attached hydrogens (tertiary/aromatic N) is 2. The predicted molar refractivity (Wildman–Crippen MR) is 69.4 cm³/mol. The molecule has 1 aromatic carbocycles. The first-order valence-electron chi connectivity index (χ1n) is 6.35. The number of benzene rings is 1. The van der Waals surface area contributed by atoms with E-state index >= 15 is 0 Å². The molecule has 0 bridgehead atoms. The van der Waals surface area contributed by atoms with E-state index in [0.717, 1.165) is 25.0 Å². The van der Waals surface area contributed by atoms with Crippen LogP contribution in [-0.4, -0.2) is 20.2 Å². The lowest BCUT2D eigenvalue weighted by Crippen LogP contribution is -2.24. The van der Waals surface area contributed by atoms with Gasteiger partial charge in [0.25, 0.3) is 0 Å². The first-order chi connectivity index (χ1) is 9.56. The van der Waals surface area contributed by atoms with Crippen LogP contribution in [0.1, 0.15) is 34.8 Å². The fraction of sp³-hybridized carbons (Fsp3) is 0.286. The third kappa shape index (κ3) is 2.24. The topological polar surface area (TPSA) is 64.2 Å². The number of aromatic nitrogens is 2. The van der Waals surface area contributed by atoms with Gasteiger partial charge in [-0.3, -0.25) is 9.13 Å². The van der Waals surface area contributed by atoms with E-state index in [4.69, 9.17) is 5.11 Å². The molecule has 1 aromatic heterocycles. The number of hydrogen-bond acceptors (Lipinski definition) is 2. The Morgan fingerprint density at radius 2 is 2.10 bits per heavy atom. The minimum atomic E-state index is -1.13. The molecule has 104 valence electrons. The van der Waals surface area contributed by atoms with Gasteiger partial charge in [-0.25, -0.2) is 14.0 Å². The van der Waals surface area contributed by atoms with Gasteiger partial charge in [-0.2, -0.15) is 0 Å². The molecule has 0 aliphatic heterocycles. The summed E-state index contributed by atoms with van der Waals surface area (Å²) in [6.45, 7) is 0.0535. The van der Waals surface area contributed by atoms with Crippen LogP contribution in [0.5, 0.6) is 0 Å². The van der Waals surface area contributed by atoms with Gasteiger partial charge >= 0.3 is 11.7 Å². The van der Waals surface area contributed by atoms with Crippen molar-refractivity contribution in [1.82, 2.24) is 9.13 Å². The number of rotatable bonds is 4. The number of halogens is 1. The van der Waals surface area contributed by atoms with Crippen molar-refractivity contribution in [3.8, 4) is 0 Å². The highest BCUT2D eigenvalue weighted by Gasteiger charge is 2.25. The molecule has 0 radical (unpaired) electrons. The maximum absolute atomic E-state index is 13.3. The zero-order chi connectivity index (χ0) is 14.3. The zero-order valence-electron chi connectivity index (χ0n) is 10.6. The van der Waals surface area contributed by atoms with Crippen LogP contribution < -0.4 is 5.69 Å². The minimum absolute atomic E-state index is 0.0115. The molecule has 3 rings (SSSR count). The lowest BCUT2D eigenvalue weighted by Gasteiger charge is -2.06. The molecule has 1 N–H and O–H groups in total. The Balaban J connectivity index is 1.96. The zero-order valence-corrected chi connectivity index (χ0v) is 10.6. The molecule has 20 heavy (non-hydrogen) atoms. The van der Waals surface area contributed by atoms with Crippen molar-refractivity contribution >= 4 is 5.97 Å². The SMILES string of the molecule is O=C(O)c1ccc(F)cc1Cn1ccn(C2CC2)c1=O. The Kier molecular flexibility index (Phi) is 2.93. The summed E-state index contributed by atoms with van der Waals surface area (Å²) in [5.74, 6) is -1.64.